The van der Waals surface area contributed by atoms with Gasteiger partial charge in [-0.05, 0) is 60.8 Å². The summed E-state index contributed by atoms with van der Waals surface area (Å²) in [7, 11) is 0. The van der Waals surface area contributed by atoms with Crippen molar-refractivity contribution in [2.75, 3.05) is 31.1 Å². The number of cyclic esters (lactones) is 1. The topological polar surface area (TPSA) is 103 Å². The second-order valence-corrected chi connectivity index (χ2v) is 8.20. The molecule has 7 nitrogen and oxygen atoms in total. The molecule has 0 aromatic heterocycles. The number of nitrogens with one attached hydrogen (secondary N) is 2. The maximum Gasteiger partial charge on any atom is 0.414 e. The molecule has 172 valence electrons. The van der Waals surface area contributed by atoms with E-state index in [0.717, 1.165) is 24.9 Å². The Morgan fingerprint density at radius 1 is 1.24 bits per heavy atom. The summed E-state index contributed by atoms with van der Waals surface area (Å²) in [5.74, 6) is 0.880. The Kier molecular flexibility index (Phi) is 6.75. The van der Waals surface area contributed by atoms with Crippen molar-refractivity contribution in [3.63, 3.8) is 0 Å². The molecule has 4 atom stereocenters. The molecule has 0 spiro atoms. The highest BCUT2D eigenvalue weighted by Gasteiger charge is 2.53. The molecule has 1 saturated carbocycles. The van der Waals surface area contributed by atoms with Crippen LogP contribution in [0.15, 0.2) is 54.9 Å². The quantitative estimate of drug-likeness (QED) is 0.643. The predicted molar refractivity (Wildman–Crippen MR) is 120 cm³/mol. The van der Waals surface area contributed by atoms with Gasteiger partial charge in [-0.2, -0.15) is 5.26 Å². The molecule has 33 heavy (non-hydrogen) atoms. The van der Waals surface area contributed by atoms with Gasteiger partial charge in [-0.1, -0.05) is 12.1 Å². The van der Waals surface area contributed by atoms with Crippen LogP contribution in [0.1, 0.15) is 0 Å². The molecule has 3 fully saturated rings. The summed E-state index contributed by atoms with van der Waals surface area (Å²) in [5.41, 5.74) is 6.31. The maximum atomic E-state index is 14.5. The van der Waals surface area contributed by atoms with Gasteiger partial charge in [0.15, 0.2) is 0 Å². The van der Waals surface area contributed by atoms with Crippen LogP contribution < -0.4 is 21.3 Å². The van der Waals surface area contributed by atoms with Crippen molar-refractivity contribution >= 4 is 11.8 Å². The van der Waals surface area contributed by atoms with Crippen LogP contribution in [0, 0.1) is 40.7 Å². The van der Waals surface area contributed by atoms with Gasteiger partial charge in [0.25, 0.3) is 0 Å². The third-order valence-corrected chi connectivity index (χ3v) is 6.07. The Balaban J connectivity index is 0.000000269. The molecule has 3 aliphatic rings. The van der Waals surface area contributed by atoms with Crippen molar-refractivity contribution in [1.82, 2.24) is 10.6 Å². The van der Waals surface area contributed by atoms with E-state index >= 15 is 0 Å². The molecule has 2 aromatic carbocycles. The Morgan fingerprint density at radius 2 is 2.03 bits per heavy atom. The van der Waals surface area contributed by atoms with E-state index in [9.17, 15) is 13.6 Å². The lowest BCUT2D eigenvalue weighted by atomic mass is 10.0. The molecule has 2 unspecified atom stereocenters. The van der Waals surface area contributed by atoms with Gasteiger partial charge in [0.1, 0.15) is 17.7 Å². The average Bonchev–Trinajstić information content (AvgIpc) is 3.09. The van der Waals surface area contributed by atoms with Crippen molar-refractivity contribution in [2.45, 2.75) is 6.10 Å². The molecule has 2 saturated heterocycles. The number of hydrogen-bond donors (Lipinski definition) is 3. The second kappa shape index (κ2) is 9.88. The number of carbonyl (C=O) groups is 1. The SMILES string of the molecule is N#CC1[C@H]2CNC[C@@H]12.N/C=C\NCC1CN(c2ccc(-c3cccc(F)c3)c(F)c2)C(=O)O1. The standard InChI is InChI=1S/C18H17F2N3O2.C6H8N2/c19-13-3-1-2-12(8-13)16-5-4-14(9-17(16)20)23-11-15(25-18(23)24)10-22-7-6-21;7-1-4-5-2-8-3-6(4)5/h1-9,15,22H,10-11,21H2;4-6,8H,2-3H2/b7-6-;/t;4?,5-,6+. The minimum Gasteiger partial charge on any atom is -0.442 e. The number of piperidine rings is 1. The normalized spacial score (nSPS) is 25.1. The second-order valence-electron chi connectivity index (χ2n) is 8.20. The first-order chi connectivity index (χ1) is 16.0. The van der Waals surface area contributed by atoms with Gasteiger partial charge in [-0.25, -0.2) is 13.6 Å². The van der Waals surface area contributed by atoms with Gasteiger partial charge >= 0.3 is 6.09 Å². The first kappa shape index (κ1) is 22.6. The number of nitrogens with zero attached hydrogens (tertiary/aromatic N) is 2. The van der Waals surface area contributed by atoms with Gasteiger partial charge in [0.05, 0.1) is 30.8 Å². The van der Waals surface area contributed by atoms with Crippen LogP contribution in [0.2, 0.25) is 0 Å². The van der Waals surface area contributed by atoms with E-state index in [1.165, 1.54) is 41.4 Å². The molecule has 2 aromatic rings. The molecule has 2 heterocycles. The van der Waals surface area contributed by atoms with Crippen molar-refractivity contribution in [3.05, 3.63) is 66.5 Å². The van der Waals surface area contributed by atoms with E-state index in [2.05, 4.69) is 16.7 Å². The highest BCUT2D eigenvalue weighted by Crippen LogP contribution is 2.47. The van der Waals surface area contributed by atoms with Crippen LogP contribution in [0.5, 0.6) is 0 Å². The zero-order valence-electron chi connectivity index (χ0n) is 17.9. The van der Waals surface area contributed by atoms with E-state index in [0.29, 0.717) is 30.3 Å². The van der Waals surface area contributed by atoms with Gasteiger partial charge in [0.2, 0.25) is 0 Å². The van der Waals surface area contributed by atoms with Crippen molar-refractivity contribution < 1.29 is 18.3 Å². The fraction of sp³-hybridized carbons (Fsp3) is 0.333. The molecular formula is C24H25F2N5O2. The number of halogens is 2. The predicted octanol–water partition coefficient (Wildman–Crippen LogP) is 2.95. The van der Waals surface area contributed by atoms with Crippen molar-refractivity contribution in [3.8, 4) is 17.2 Å². The average molecular weight is 453 g/mol. The van der Waals surface area contributed by atoms with Crippen LogP contribution >= 0.6 is 0 Å². The van der Waals surface area contributed by atoms with E-state index in [4.69, 9.17) is 15.7 Å². The van der Waals surface area contributed by atoms with Crippen LogP contribution in [-0.2, 0) is 4.74 Å². The summed E-state index contributed by atoms with van der Waals surface area (Å²) >= 11 is 0. The van der Waals surface area contributed by atoms with E-state index in [1.807, 2.05) is 0 Å². The smallest absolute Gasteiger partial charge is 0.414 e. The largest absolute Gasteiger partial charge is 0.442 e. The number of ether oxygens (including phenoxy) is 1. The summed E-state index contributed by atoms with van der Waals surface area (Å²) in [6.07, 6.45) is 1.98. The number of carbonyl (C=O) groups excluding carboxylic acids is 1. The summed E-state index contributed by atoms with van der Waals surface area (Å²) < 4.78 is 33.0. The van der Waals surface area contributed by atoms with Gasteiger partial charge in [-0.15, -0.1) is 0 Å². The van der Waals surface area contributed by atoms with E-state index < -0.39 is 17.7 Å². The maximum absolute atomic E-state index is 14.5. The van der Waals surface area contributed by atoms with Gasteiger partial charge < -0.3 is 21.1 Å². The lowest BCUT2D eigenvalue weighted by Crippen LogP contribution is -2.28. The molecule has 4 N–H and O–H groups in total. The minimum atomic E-state index is -0.540. The Labute approximate surface area is 190 Å². The lowest BCUT2D eigenvalue weighted by Gasteiger charge is -2.14. The fourth-order valence-corrected chi connectivity index (χ4v) is 4.28. The molecule has 0 bridgehead atoms. The number of hydrogen-bond acceptors (Lipinski definition) is 6. The third kappa shape index (κ3) is 5.07. The highest BCUT2D eigenvalue weighted by atomic mass is 19.1. The number of fused-ring (bicyclic) bond motifs is 1. The van der Waals surface area contributed by atoms with Crippen molar-refractivity contribution in [1.29, 1.82) is 5.26 Å². The number of anilines is 1. The van der Waals surface area contributed by atoms with Crippen molar-refractivity contribution in [2.24, 2.45) is 23.5 Å². The van der Waals surface area contributed by atoms with Crippen LogP contribution in [0.3, 0.4) is 0 Å². The Bertz CT molecular complexity index is 1080. The number of nitriles is 1. The number of amides is 1. The minimum absolute atomic E-state index is 0.266. The summed E-state index contributed by atoms with van der Waals surface area (Å²) in [6.45, 7) is 2.87. The van der Waals surface area contributed by atoms with Crippen LogP contribution in [-0.4, -0.2) is 38.4 Å². The van der Waals surface area contributed by atoms with Gasteiger partial charge in [-0.3, -0.25) is 4.90 Å². The Morgan fingerprint density at radius 3 is 2.67 bits per heavy atom. The summed E-state index contributed by atoms with van der Waals surface area (Å²) in [5, 5.41) is 14.6. The zero-order chi connectivity index (χ0) is 23.4. The highest BCUT2D eigenvalue weighted by molar-refractivity contribution is 5.90. The summed E-state index contributed by atoms with van der Waals surface area (Å²) in [4.78, 5) is 13.3. The van der Waals surface area contributed by atoms with Crippen LogP contribution in [0.4, 0.5) is 19.3 Å². The monoisotopic (exact) mass is 453 g/mol. The van der Waals surface area contributed by atoms with Crippen LogP contribution in [0.25, 0.3) is 11.1 Å². The van der Waals surface area contributed by atoms with E-state index in [-0.39, 0.29) is 11.7 Å². The third-order valence-electron chi connectivity index (χ3n) is 6.07. The van der Waals surface area contributed by atoms with E-state index in [1.54, 1.807) is 18.3 Å². The first-order valence-corrected chi connectivity index (χ1v) is 10.8. The number of benzene rings is 2. The first-order valence-electron chi connectivity index (χ1n) is 10.8. The Hall–Kier alpha value is -3.64. The molecule has 1 aliphatic carbocycles. The fourth-order valence-electron chi connectivity index (χ4n) is 4.28. The lowest BCUT2D eigenvalue weighted by molar-refractivity contribution is 0.142. The molecular weight excluding hydrogens is 428 g/mol. The molecule has 5 rings (SSSR count). The van der Waals surface area contributed by atoms with Gasteiger partial charge in [0, 0.05) is 18.0 Å². The number of nitrogens with two attached hydrogens (primary N) is 1. The molecule has 1 amide bonds. The molecule has 0 radical (unpaired) electrons. The zero-order valence-corrected chi connectivity index (χ0v) is 17.9. The summed E-state index contributed by atoms with van der Waals surface area (Å²) in [6, 6.07) is 12.4. The number of rotatable bonds is 5. The molecule has 9 heteroatoms. The molecule has 2 aliphatic heterocycles.